The van der Waals surface area contributed by atoms with Gasteiger partial charge >= 0.3 is 0 Å². The molecule has 0 aromatic heterocycles. The Morgan fingerprint density at radius 3 is 1.14 bits per heavy atom. The average Bonchev–Trinajstić information content (AvgIpc) is 1.83. The van der Waals surface area contributed by atoms with Gasteiger partial charge in [0.15, 0.2) is 4.30 Å². The lowest BCUT2D eigenvalue weighted by molar-refractivity contribution is -0.119. The summed E-state index contributed by atoms with van der Waals surface area (Å²) in [4.78, 5) is 10.1. The van der Waals surface area contributed by atoms with E-state index < -0.39 is 4.30 Å². The number of hydrogen-bond acceptors (Lipinski definition) is 2. The highest BCUT2D eigenvalue weighted by atomic mass is 35.6. The molecule has 0 atom stereocenters. The standard InChI is InChI=1S/C5H10O.C3H8O.CHCl3/c1-4(2)5(3)6;1-3(2)4;2-1(3)4/h4H,1-3H3;3-4H,1-2H3;1H. The lowest BCUT2D eigenvalue weighted by Crippen LogP contribution is -1.98. The minimum Gasteiger partial charge on any atom is -0.394 e. The summed E-state index contributed by atoms with van der Waals surface area (Å²) < 4.78 is -0.750. The summed E-state index contributed by atoms with van der Waals surface area (Å²) in [5.41, 5.74) is 0. The molecule has 0 aromatic carbocycles. The number of carbonyl (C=O) groups excluding carboxylic acids is 1. The third-order valence-electron chi connectivity index (χ3n) is 0.813. The van der Waals surface area contributed by atoms with E-state index in [9.17, 15) is 4.79 Å². The first-order chi connectivity index (χ1) is 6.11. The predicted octanol–water partition coefficient (Wildman–Crippen LogP) is 3.60. The number of ketones is 1. The minimum atomic E-state index is -0.750. The number of rotatable bonds is 1. The summed E-state index contributed by atoms with van der Waals surface area (Å²) in [6.45, 7) is 8.83. The maximum absolute atomic E-state index is 10.1. The van der Waals surface area contributed by atoms with E-state index in [1.165, 1.54) is 0 Å². The molecular formula is C9H19Cl3O2. The predicted molar refractivity (Wildman–Crippen MR) is 64.2 cm³/mol. The van der Waals surface area contributed by atoms with Gasteiger partial charge in [-0.2, -0.15) is 0 Å². The lowest BCUT2D eigenvalue weighted by atomic mass is 10.1. The molecular weight excluding hydrogens is 246 g/mol. The highest BCUT2D eigenvalue weighted by molar-refractivity contribution is 6.63. The van der Waals surface area contributed by atoms with Crippen LogP contribution in [0, 0.1) is 5.92 Å². The summed E-state index contributed by atoms with van der Waals surface area (Å²) in [7, 11) is 0. The summed E-state index contributed by atoms with van der Waals surface area (Å²) in [6.07, 6.45) is -0.167. The molecule has 14 heavy (non-hydrogen) atoms. The zero-order valence-electron chi connectivity index (χ0n) is 9.22. The van der Waals surface area contributed by atoms with Crippen LogP contribution in [0.1, 0.15) is 34.6 Å². The third-order valence-corrected chi connectivity index (χ3v) is 0.813. The Balaban J connectivity index is -0.000000135. The molecule has 0 heterocycles. The van der Waals surface area contributed by atoms with Crippen molar-refractivity contribution in [1.29, 1.82) is 0 Å². The van der Waals surface area contributed by atoms with Gasteiger partial charge in [-0.1, -0.05) is 48.7 Å². The molecule has 0 unspecified atom stereocenters. The van der Waals surface area contributed by atoms with E-state index in [1.54, 1.807) is 20.8 Å². The normalized spacial score (nSPS) is 9.14. The monoisotopic (exact) mass is 264 g/mol. The molecule has 0 aliphatic carbocycles. The number of aliphatic hydroxyl groups excluding tert-OH is 1. The summed E-state index contributed by atoms with van der Waals surface area (Å²) >= 11 is 14.4. The third kappa shape index (κ3) is 81.6. The number of aliphatic hydroxyl groups is 1. The van der Waals surface area contributed by atoms with Crippen LogP contribution in [0.3, 0.4) is 0 Å². The highest BCUT2D eigenvalue weighted by Crippen LogP contribution is 2.03. The van der Waals surface area contributed by atoms with Crippen LogP contribution in [0.5, 0.6) is 0 Å². The van der Waals surface area contributed by atoms with Gasteiger partial charge in [-0.15, -0.1) is 0 Å². The molecule has 0 fully saturated rings. The van der Waals surface area contributed by atoms with Crippen molar-refractivity contribution < 1.29 is 9.90 Å². The van der Waals surface area contributed by atoms with E-state index in [2.05, 4.69) is 0 Å². The van der Waals surface area contributed by atoms with Gasteiger partial charge in [0.05, 0.1) is 0 Å². The van der Waals surface area contributed by atoms with E-state index >= 15 is 0 Å². The van der Waals surface area contributed by atoms with Crippen molar-refractivity contribution in [3.8, 4) is 0 Å². The topological polar surface area (TPSA) is 37.3 Å². The van der Waals surface area contributed by atoms with E-state index in [1.807, 2.05) is 13.8 Å². The van der Waals surface area contributed by atoms with Crippen LogP contribution in [-0.4, -0.2) is 21.3 Å². The van der Waals surface area contributed by atoms with Gasteiger partial charge in [0.2, 0.25) is 0 Å². The summed E-state index contributed by atoms with van der Waals surface area (Å²) in [6, 6.07) is 0. The van der Waals surface area contributed by atoms with E-state index in [0.29, 0.717) is 0 Å². The highest BCUT2D eigenvalue weighted by Gasteiger charge is 1.95. The van der Waals surface area contributed by atoms with Crippen LogP contribution >= 0.6 is 34.8 Å². The van der Waals surface area contributed by atoms with Gasteiger partial charge in [-0.05, 0) is 20.8 Å². The molecule has 0 bridgehead atoms. The molecule has 0 rings (SSSR count). The Morgan fingerprint density at radius 2 is 1.14 bits per heavy atom. The van der Waals surface area contributed by atoms with Gasteiger partial charge in [0.1, 0.15) is 5.78 Å². The molecule has 1 N–H and O–H groups in total. The fourth-order valence-corrected chi connectivity index (χ4v) is 0. The Morgan fingerprint density at radius 1 is 1.07 bits per heavy atom. The molecule has 2 nitrogen and oxygen atoms in total. The van der Waals surface area contributed by atoms with E-state index in [0.717, 1.165) is 0 Å². The largest absolute Gasteiger partial charge is 0.394 e. The molecule has 88 valence electrons. The number of halogens is 3. The molecule has 0 spiro atoms. The van der Waals surface area contributed by atoms with Crippen molar-refractivity contribution in [2.45, 2.75) is 45.0 Å². The van der Waals surface area contributed by atoms with Crippen molar-refractivity contribution >= 4 is 40.6 Å². The molecule has 0 aliphatic heterocycles. The smallest absolute Gasteiger partial charge is 0.180 e. The molecule has 0 aromatic rings. The van der Waals surface area contributed by atoms with Crippen molar-refractivity contribution in [3.63, 3.8) is 0 Å². The van der Waals surface area contributed by atoms with Crippen LogP contribution in [0.15, 0.2) is 0 Å². The number of alkyl halides is 3. The minimum absolute atomic E-state index is 0.167. The molecule has 0 saturated carbocycles. The first-order valence-electron chi connectivity index (χ1n) is 4.22. The fourth-order valence-electron chi connectivity index (χ4n) is 0. The maximum atomic E-state index is 10.1. The average molecular weight is 266 g/mol. The fraction of sp³-hybridized carbons (Fsp3) is 0.889. The van der Waals surface area contributed by atoms with E-state index in [-0.39, 0.29) is 17.8 Å². The summed E-state index contributed by atoms with van der Waals surface area (Å²) in [5.74, 6) is 0.472. The van der Waals surface area contributed by atoms with Gasteiger partial charge in [-0.25, -0.2) is 0 Å². The zero-order valence-corrected chi connectivity index (χ0v) is 11.5. The molecule has 0 aliphatic rings. The molecule has 5 heteroatoms. The number of Topliss-reactive ketones (excluding diaryl/α,β-unsaturated/α-hetero) is 1. The van der Waals surface area contributed by atoms with Gasteiger partial charge in [0.25, 0.3) is 0 Å². The molecule has 0 saturated heterocycles. The second kappa shape index (κ2) is 13.5. The second-order valence-corrected chi connectivity index (χ2v) is 5.09. The SMILES string of the molecule is CC(=O)C(C)C.CC(C)O.ClC(Cl)Cl. The Labute approximate surface area is 102 Å². The molecule has 0 radical (unpaired) electrons. The van der Waals surface area contributed by atoms with Crippen LogP contribution in [0.2, 0.25) is 0 Å². The van der Waals surface area contributed by atoms with Crippen molar-refractivity contribution in [2.75, 3.05) is 0 Å². The quantitative estimate of drug-likeness (QED) is 0.736. The summed E-state index contributed by atoms with van der Waals surface area (Å²) in [5, 5.41) is 8.06. The first kappa shape index (κ1) is 20.0. The van der Waals surface area contributed by atoms with Gasteiger partial charge in [-0.3, -0.25) is 4.79 Å². The van der Waals surface area contributed by atoms with Crippen LogP contribution < -0.4 is 0 Å². The van der Waals surface area contributed by atoms with Crippen LogP contribution in [0.4, 0.5) is 0 Å². The zero-order chi connectivity index (χ0) is 12.3. The van der Waals surface area contributed by atoms with Gasteiger partial charge < -0.3 is 5.11 Å². The Hall–Kier alpha value is 0.500. The molecule has 0 amide bonds. The number of hydrogen-bond donors (Lipinski definition) is 1. The van der Waals surface area contributed by atoms with Crippen molar-refractivity contribution in [1.82, 2.24) is 0 Å². The van der Waals surface area contributed by atoms with Crippen molar-refractivity contribution in [2.24, 2.45) is 5.92 Å². The van der Waals surface area contributed by atoms with Gasteiger partial charge in [0, 0.05) is 12.0 Å². The first-order valence-corrected chi connectivity index (χ1v) is 5.52. The van der Waals surface area contributed by atoms with Crippen LogP contribution in [0.25, 0.3) is 0 Å². The van der Waals surface area contributed by atoms with Crippen LogP contribution in [-0.2, 0) is 4.79 Å². The van der Waals surface area contributed by atoms with E-state index in [4.69, 9.17) is 39.9 Å². The maximum Gasteiger partial charge on any atom is 0.180 e. The lowest BCUT2D eigenvalue weighted by Gasteiger charge is -1.90. The Kier molecular flexibility index (Phi) is 19.3. The Bertz CT molecular complexity index is 114. The van der Waals surface area contributed by atoms with Crippen molar-refractivity contribution in [3.05, 3.63) is 0 Å². The number of carbonyl (C=O) groups is 1. The second-order valence-electron chi connectivity index (χ2n) is 3.11.